The van der Waals surface area contributed by atoms with Crippen LogP contribution in [0.3, 0.4) is 0 Å². The maximum Gasteiger partial charge on any atom is 0.240 e. The van der Waals surface area contributed by atoms with E-state index in [1.165, 1.54) is 6.21 Å². The molecule has 24 heavy (non-hydrogen) atoms. The van der Waals surface area contributed by atoms with E-state index in [1.54, 1.807) is 48.5 Å². The monoisotopic (exact) mass is 363 g/mol. The summed E-state index contributed by atoms with van der Waals surface area (Å²) in [5.74, 6) is -0.615. The van der Waals surface area contributed by atoms with Crippen molar-refractivity contribution >= 4 is 46.9 Å². The highest BCUT2D eigenvalue weighted by Gasteiger charge is 2.07. The van der Waals surface area contributed by atoms with Gasteiger partial charge < -0.3 is 5.32 Å². The summed E-state index contributed by atoms with van der Waals surface area (Å²) in [4.78, 5) is 23.4. The zero-order valence-corrected chi connectivity index (χ0v) is 14.1. The SMILES string of the molecule is O=C(CCC(=O)Nc1cccc(Cl)c1)N/N=C/c1ccc(Cl)cc1. The van der Waals surface area contributed by atoms with E-state index < -0.39 is 0 Å². The van der Waals surface area contributed by atoms with Crippen LogP contribution in [0.15, 0.2) is 53.6 Å². The van der Waals surface area contributed by atoms with Crippen LogP contribution >= 0.6 is 23.2 Å². The third-order valence-electron chi connectivity index (χ3n) is 2.96. The minimum Gasteiger partial charge on any atom is -0.326 e. The number of anilines is 1. The number of carbonyl (C=O) groups is 2. The summed E-state index contributed by atoms with van der Waals surface area (Å²) in [6.07, 6.45) is 1.58. The van der Waals surface area contributed by atoms with Crippen LogP contribution in [0.25, 0.3) is 0 Å². The smallest absolute Gasteiger partial charge is 0.240 e. The minimum absolute atomic E-state index is 0.0321. The van der Waals surface area contributed by atoms with E-state index in [2.05, 4.69) is 15.8 Å². The number of hydrazone groups is 1. The van der Waals surface area contributed by atoms with Crippen LogP contribution in [0.2, 0.25) is 10.0 Å². The van der Waals surface area contributed by atoms with Crippen molar-refractivity contribution in [3.8, 4) is 0 Å². The van der Waals surface area contributed by atoms with Gasteiger partial charge in [0.1, 0.15) is 0 Å². The predicted octanol–water partition coefficient (Wildman–Crippen LogP) is 3.86. The van der Waals surface area contributed by atoms with Gasteiger partial charge in [-0.3, -0.25) is 9.59 Å². The summed E-state index contributed by atoms with van der Waals surface area (Å²) < 4.78 is 0. The quantitative estimate of drug-likeness (QED) is 0.604. The molecule has 0 atom stereocenters. The van der Waals surface area contributed by atoms with Gasteiger partial charge in [0.15, 0.2) is 0 Å². The molecule has 2 N–H and O–H groups in total. The van der Waals surface area contributed by atoms with Crippen molar-refractivity contribution in [3.05, 3.63) is 64.1 Å². The number of hydrogen-bond donors (Lipinski definition) is 2. The molecule has 7 heteroatoms. The lowest BCUT2D eigenvalue weighted by Gasteiger charge is -2.05. The molecule has 0 unspecified atom stereocenters. The van der Waals surface area contributed by atoms with Crippen molar-refractivity contribution in [2.75, 3.05) is 5.32 Å². The average Bonchev–Trinajstić information content (AvgIpc) is 2.55. The Labute approximate surface area is 149 Å². The highest BCUT2D eigenvalue weighted by molar-refractivity contribution is 6.31. The van der Waals surface area contributed by atoms with Crippen molar-refractivity contribution < 1.29 is 9.59 Å². The van der Waals surface area contributed by atoms with Crippen LogP contribution in [0.1, 0.15) is 18.4 Å². The van der Waals surface area contributed by atoms with Gasteiger partial charge in [0.25, 0.3) is 0 Å². The number of amides is 2. The zero-order valence-electron chi connectivity index (χ0n) is 12.6. The van der Waals surface area contributed by atoms with Crippen molar-refractivity contribution in [1.82, 2.24) is 5.43 Å². The standard InChI is InChI=1S/C17H15Cl2N3O2/c18-13-6-4-12(5-7-13)11-20-22-17(24)9-8-16(23)21-15-3-1-2-14(19)10-15/h1-7,10-11H,8-9H2,(H,21,23)(H,22,24)/b20-11+. The van der Waals surface area contributed by atoms with Crippen LogP contribution in [-0.2, 0) is 9.59 Å². The molecule has 0 saturated carbocycles. The summed E-state index contributed by atoms with van der Waals surface area (Å²) >= 11 is 11.6. The van der Waals surface area contributed by atoms with E-state index in [4.69, 9.17) is 23.2 Å². The fourth-order valence-electron chi connectivity index (χ4n) is 1.80. The number of nitrogens with zero attached hydrogens (tertiary/aromatic N) is 1. The molecule has 2 amide bonds. The van der Waals surface area contributed by atoms with Crippen LogP contribution < -0.4 is 10.7 Å². The van der Waals surface area contributed by atoms with Crippen molar-refractivity contribution in [2.45, 2.75) is 12.8 Å². The van der Waals surface area contributed by atoms with Gasteiger partial charge in [0.05, 0.1) is 6.21 Å². The summed E-state index contributed by atoms with van der Waals surface area (Å²) in [6.45, 7) is 0. The fraction of sp³-hybridized carbons (Fsp3) is 0.118. The lowest BCUT2D eigenvalue weighted by molar-refractivity contribution is -0.124. The Balaban J connectivity index is 1.72. The molecule has 5 nitrogen and oxygen atoms in total. The topological polar surface area (TPSA) is 70.6 Å². The summed E-state index contributed by atoms with van der Waals surface area (Å²) in [5.41, 5.74) is 3.77. The van der Waals surface area contributed by atoms with Crippen LogP contribution in [0.5, 0.6) is 0 Å². The number of halogens is 2. The molecule has 0 fully saturated rings. The fourth-order valence-corrected chi connectivity index (χ4v) is 2.12. The third kappa shape index (κ3) is 6.40. The first kappa shape index (κ1) is 18.0. The number of benzene rings is 2. The number of hydrogen-bond acceptors (Lipinski definition) is 3. The Morgan fingerprint density at radius 3 is 2.38 bits per heavy atom. The summed E-state index contributed by atoms with van der Waals surface area (Å²) in [7, 11) is 0. The number of nitrogens with one attached hydrogen (secondary N) is 2. The molecular formula is C17H15Cl2N3O2. The molecule has 2 aromatic carbocycles. The van der Waals surface area contributed by atoms with E-state index in [9.17, 15) is 9.59 Å². The summed E-state index contributed by atoms with van der Waals surface area (Å²) in [5, 5.41) is 7.66. The first-order valence-electron chi connectivity index (χ1n) is 7.16. The largest absolute Gasteiger partial charge is 0.326 e. The van der Waals surface area contributed by atoms with Crippen LogP contribution in [-0.4, -0.2) is 18.0 Å². The molecule has 0 radical (unpaired) electrons. The molecule has 0 aromatic heterocycles. The van der Waals surface area contributed by atoms with E-state index in [0.717, 1.165) is 5.56 Å². The van der Waals surface area contributed by atoms with E-state index in [-0.39, 0.29) is 24.7 Å². The van der Waals surface area contributed by atoms with E-state index in [0.29, 0.717) is 15.7 Å². The van der Waals surface area contributed by atoms with Crippen molar-refractivity contribution in [2.24, 2.45) is 5.10 Å². The lowest BCUT2D eigenvalue weighted by atomic mass is 10.2. The first-order chi connectivity index (χ1) is 11.5. The second kappa shape index (κ2) is 9.05. The van der Waals surface area contributed by atoms with Crippen molar-refractivity contribution in [1.29, 1.82) is 0 Å². The zero-order chi connectivity index (χ0) is 17.4. The lowest BCUT2D eigenvalue weighted by Crippen LogP contribution is -2.20. The van der Waals surface area contributed by atoms with E-state index >= 15 is 0 Å². The highest BCUT2D eigenvalue weighted by atomic mass is 35.5. The Kier molecular flexibility index (Phi) is 6.78. The molecule has 0 aliphatic heterocycles. The molecular weight excluding hydrogens is 349 g/mol. The molecule has 124 valence electrons. The molecule has 0 spiro atoms. The third-order valence-corrected chi connectivity index (χ3v) is 3.45. The molecule has 0 aliphatic rings. The Bertz CT molecular complexity index is 746. The number of rotatable bonds is 6. The normalized spacial score (nSPS) is 10.6. The van der Waals surface area contributed by atoms with Crippen LogP contribution in [0, 0.1) is 0 Å². The average molecular weight is 364 g/mol. The maximum absolute atomic E-state index is 11.8. The second-order valence-electron chi connectivity index (χ2n) is 4.90. The van der Waals surface area contributed by atoms with Gasteiger partial charge in [-0.05, 0) is 35.9 Å². The van der Waals surface area contributed by atoms with Gasteiger partial charge in [-0.25, -0.2) is 5.43 Å². The number of carbonyl (C=O) groups excluding carboxylic acids is 2. The molecule has 2 rings (SSSR count). The maximum atomic E-state index is 11.8. The van der Waals surface area contributed by atoms with Crippen LogP contribution in [0.4, 0.5) is 5.69 Å². The van der Waals surface area contributed by atoms with Gasteiger partial charge in [-0.15, -0.1) is 0 Å². The molecule has 2 aromatic rings. The molecule has 0 saturated heterocycles. The highest BCUT2D eigenvalue weighted by Crippen LogP contribution is 2.15. The minimum atomic E-state index is -0.346. The molecule has 0 aliphatic carbocycles. The second-order valence-corrected chi connectivity index (χ2v) is 5.78. The van der Waals surface area contributed by atoms with Gasteiger partial charge in [-0.2, -0.15) is 5.10 Å². The van der Waals surface area contributed by atoms with Gasteiger partial charge in [0, 0.05) is 28.6 Å². The summed E-state index contributed by atoms with van der Waals surface area (Å²) in [6, 6.07) is 13.8. The molecule has 0 bridgehead atoms. The van der Waals surface area contributed by atoms with Crippen molar-refractivity contribution in [3.63, 3.8) is 0 Å². The Morgan fingerprint density at radius 1 is 0.958 bits per heavy atom. The Hall–Kier alpha value is -2.37. The first-order valence-corrected chi connectivity index (χ1v) is 7.91. The van der Waals surface area contributed by atoms with Gasteiger partial charge in [0.2, 0.25) is 11.8 Å². The Morgan fingerprint density at radius 2 is 1.67 bits per heavy atom. The molecule has 0 heterocycles. The van der Waals surface area contributed by atoms with Gasteiger partial charge in [-0.1, -0.05) is 41.4 Å². The van der Waals surface area contributed by atoms with E-state index in [1.807, 2.05) is 0 Å². The van der Waals surface area contributed by atoms with Gasteiger partial charge >= 0.3 is 0 Å². The predicted molar refractivity (Wildman–Crippen MR) is 96.5 cm³/mol.